The molecule has 5 rings (SSSR count). The Balaban J connectivity index is 1.46. The fourth-order valence-electron chi connectivity index (χ4n) is 9.33. The van der Waals surface area contributed by atoms with Gasteiger partial charge in [0.05, 0.1) is 6.10 Å². The van der Waals surface area contributed by atoms with Crippen LogP contribution in [0.5, 0.6) is 0 Å². The molecule has 4 aliphatic carbocycles. The smallest absolute Gasteiger partial charge is 0.397 e. The molecule has 1 saturated heterocycles. The van der Waals surface area contributed by atoms with Gasteiger partial charge in [-0.2, -0.15) is 8.42 Å². The number of ether oxygens (including phenoxy) is 1. The summed E-state index contributed by atoms with van der Waals surface area (Å²) in [4.78, 5) is 12.0. The van der Waals surface area contributed by atoms with Crippen LogP contribution in [0.4, 0.5) is 0 Å². The lowest BCUT2D eigenvalue weighted by Gasteiger charge is -2.61. The van der Waals surface area contributed by atoms with Crippen molar-refractivity contribution in [2.24, 2.45) is 33.5 Å². The molecule has 5 fully saturated rings. The molecule has 0 aromatic carbocycles. The Bertz CT molecular complexity index is 867. The highest BCUT2D eigenvalue weighted by Crippen LogP contribution is 2.88. The Morgan fingerprint density at radius 2 is 1.69 bits per heavy atom. The average Bonchev–Trinajstić information content (AvgIpc) is 2.89. The highest BCUT2D eigenvalue weighted by Gasteiger charge is 2.84. The Morgan fingerprint density at radius 3 is 2.31 bits per heavy atom. The van der Waals surface area contributed by atoms with E-state index in [0.29, 0.717) is 24.7 Å². The van der Waals surface area contributed by atoms with E-state index in [1.165, 1.54) is 12.8 Å². The quantitative estimate of drug-likeness (QED) is 0.535. The van der Waals surface area contributed by atoms with Gasteiger partial charge in [0, 0.05) is 11.8 Å². The van der Waals surface area contributed by atoms with Crippen LogP contribution < -0.4 is 0 Å². The number of esters is 1. The molecule has 0 radical (unpaired) electrons. The lowest BCUT2D eigenvalue weighted by molar-refractivity contribution is -0.161. The third-order valence-electron chi connectivity index (χ3n) is 10.5. The van der Waals surface area contributed by atoms with Gasteiger partial charge in [-0.25, -0.2) is 4.18 Å². The minimum absolute atomic E-state index is 0.0451. The third kappa shape index (κ3) is 2.41. The fraction of sp³-hybridized carbons (Fsp3) is 0.955. The molecule has 1 spiro atoms. The monoisotopic (exact) mass is 426 g/mol. The van der Waals surface area contributed by atoms with Crippen LogP contribution in [0.2, 0.25) is 0 Å². The lowest BCUT2D eigenvalue weighted by atomic mass is 9.45. The maximum absolute atomic E-state index is 12.0. The second-order valence-electron chi connectivity index (χ2n) is 11.7. The second kappa shape index (κ2) is 5.57. The standard InChI is InChI=1S/C22H34O6S/c1-18(2)14-5-11-21-13-22(21,20(4)10-8-17(23)27-20)12-6-15(21)19(14,3)9-7-16(18)28-29(24,25)26/h14-16H,5-13H2,1-4H3,(H,24,25,26)/t14?,15-,16+,19+,20?,21+,22?/m1/s1. The Labute approximate surface area is 174 Å². The zero-order chi connectivity index (χ0) is 21.1. The van der Waals surface area contributed by atoms with Crippen LogP contribution in [-0.2, 0) is 24.1 Å². The van der Waals surface area contributed by atoms with E-state index in [9.17, 15) is 17.8 Å². The second-order valence-corrected chi connectivity index (χ2v) is 12.7. The van der Waals surface area contributed by atoms with Crippen molar-refractivity contribution in [2.45, 2.75) is 97.2 Å². The topological polar surface area (TPSA) is 89.9 Å². The molecule has 1 N–H and O–H groups in total. The predicted molar refractivity (Wildman–Crippen MR) is 106 cm³/mol. The molecule has 1 heterocycles. The largest absolute Gasteiger partial charge is 0.459 e. The summed E-state index contributed by atoms with van der Waals surface area (Å²) < 4.78 is 43.2. The van der Waals surface area contributed by atoms with E-state index >= 15 is 0 Å². The number of rotatable bonds is 3. The zero-order valence-corrected chi connectivity index (χ0v) is 18.8. The summed E-state index contributed by atoms with van der Waals surface area (Å²) in [5.41, 5.74) is -0.115. The van der Waals surface area contributed by atoms with Crippen LogP contribution in [0.25, 0.3) is 0 Å². The van der Waals surface area contributed by atoms with Crippen molar-refractivity contribution in [1.82, 2.24) is 0 Å². The molecule has 7 atom stereocenters. The Kier molecular flexibility index (Phi) is 3.89. The first kappa shape index (κ1) is 20.3. The Hall–Kier alpha value is -0.660. The van der Waals surface area contributed by atoms with E-state index in [1.807, 2.05) is 0 Å². The van der Waals surface area contributed by atoms with Gasteiger partial charge < -0.3 is 4.74 Å². The Morgan fingerprint density at radius 1 is 1.00 bits per heavy atom. The van der Waals surface area contributed by atoms with Gasteiger partial charge in [0.15, 0.2) is 0 Å². The molecule has 3 unspecified atom stereocenters. The van der Waals surface area contributed by atoms with Crippen LogP contribution in [0, 0.1) is 33.5 Å². The van der Waals surface area contributed by atoms with E-state index in [4.69, 9.17) is 8.92 Å². The van der Waals surface area contributed by atoms with Crippen LogP contribution in [-0.4, -0.2) is 30.6 Å². The van der Waals surface area contributed by atoms with Crippen molar-refractivity contribution in [3.63, 3.8) is 0 Å². The summed E-state index contributed by atoms with van der Waals surface area (Å²) >= 11 is 0. The van der Waals surface area contributed by atoms with E-state index < -0.39 is 16.5 Å². The summed E-state index contributed by atoms with van der Waals surface area (Å²) in [7, 11) is -4.46. The number of carbonyl (C=O) groups excluding carboxylic acids is 1. The minimum Gasteiger partial charge on any atom is -0.459 e. The summed E-state index contributed by atoms with van der Waals surface area (Å²) in [5, 5.41) is 0. The van der Waals surface area contributed by atoms with Crippen LogP contribution in [0.3, 0.4) is 0 Å². The number of cyclic esters (lactones) is 1. The van der Waals surface area contributed by atoms with Crippen molar-refractivity contribution >= 4 is 16.4 Å². The van der Waals surface area contributed by atoms with Crippen molar-refractivity contribution in [2.75, 3.05) is 0 Å². The first-order valence-corrected chi connectivity index (χ1v) is 12.5. The molecule has 5 aliphatic rings. The van der Waals surface area contributed by atoms with Gasteiger partial charge in [0.1, 0.15) is 5.60 Å². The van der Waals surface area contributed by atoms with Gasteiger partial charge in [0.2, 0.25) is 0 Å². The van der Waals surface area contributed by atoms with Gasteiger partial charge >= 0.3 is 16.4 Å². The zero-order valence-electron chi connectivity index (χ0n) is 18.0. The highest BCUT2D eigenvalue weighted by atomic mass is 32.3. The molecule has 0 aromatic rings. The summed E-state index contributed by atoms with van der Waals surface area (Å²) in [6, 6.07) is 0. The maximum atomic E-state index is 12.0. The van der Waals surface area contributed by atoms with Gasteiger partial charge in [-0.05, 0) is 86.4 Å². The molecular weight excluding hydrogens is 392 g/mol. The van der Waals surface area contributed by atoms with E-state index in [-0.39, 0.29) is 33.2 Å². The van der Waals surface area contributed by atoms with Crippen LogP contribution in [0.1, 0.15) is 85.5 Å². The first-order valence-electron chi connectivity index (χ1n) is 11.2. The summed E-state index contributed by atoms with van der Waals surface area (Å²) in [6.07, 6.45) is 8.09. The fourth-order valence-corrected chi connectivity index (χ4v) is 9.97. The SMILES string of the molecule is CC1(C)C2CC[C@@]34CC3(C3(C)CCC(=O)O3)CC[C@@H]4[C@@]2(C)CC[C@@H]1OS(=O)(=O)O. The van der Waals surface area contributed by atoms with Crippen LogP contribution in [0.15, 0.2) is 0 Å². The summed E-state index contributed by atoms with van der Waals surface area (Å²) in [6.45, 7) is 8.80. The number of fused-ring (bicyclic) bond motifs is 2. The number of hydrogen-bond acceptors (Lipinski definition) is 5. The minimum atomic E-state index is -4.46. The molecule has 4 saturated carbocycles. The predicted octanol–water partition coefficient (Wildman–Crippen LogP) is 4.29. The first-order chi connectivity index (χ1) is 13.3. The van der Waals surface area contributed by atoms with E-state index in [0.717, 1.165) is 32.1 Å². The van der Waals surface area contributed by atoms with Crippen molar-refractivity contribution in [1.29, 1.82) is 0 Å². The molecular formula is C22H34O6S. The lowest BCUT2D eigenvalue weighted by Crippen LogP contribution is -2.57. The normalized spacial score (nSPS) is 53.0. The third-order valence-corrected chi connectivity index (χ3v) is 11.0. The van der Waals surface area contributed by atoms with Gasteiger partial charge in [0.25, 0.3) is 0 Å². The molecule has 6 nitrogen and oxygen atoms in total. The molecule has 164 valence electrons. The molecule has 1 aliphatic heterocycles. The van der Waals surface area contributed by atoms with Gasteiger partial charge in [-0.3, -0.25) is 9.35 Å². The van der Waals surface area contributed by atoms with Crippen molar-refractivity contribution < 1.29 is 26.7 Å². The molecule has 0 amide bonds. The van der Waals surface area contributed by atoms with Crippen molar-refractivity contribution in [3.8, 4) is 0 Å². The molecule has 29 heavy (non-hydrogen) atoms. The number of carbonyl (C=O) groups is 1. The molecule has 0 aromatic heterocycles. The molecule has 0 bridgehead atoms. The molecule has 7 heteroatoms. The van der Waals surface area contributed by atoms with Gasteiger partial charge in [-0.1, -0.05) is 20.8 Å². The van der Waals surface area contributed by atoms with Crippen molar-refractivity contribution in [3.05, 3.63) is 0 Å². The van der Waals surface area contributed by atoms with E-state index in [2.05, 4.69) is 27.7 Å². The number of hydrogen-bond donors (Lipinski definition) is 1. The summed E-state index contributed by atoms with van der Waals surface area (Å²) in [5.74, 6) is 0.883. The highest BCUT2D eigenvalue weighted by molar-refractivity contribution is 7.80. The average molecular weight is 427 g/mol. The van der Waals surface area contributed by atoms with E-state index in [1.54, 1.807) is 0 Å². The maximum Gasteiger partial charge on any atom is 0.397 e. The van der Waals surface area contributed by atoms with Gasteiger partial charge in [-0.15, -0.1) is 0 Å². The van der Waals surface area contributed by atoms with Crippen LogP contribution >= 0.6 is 0 Å².